The first-order valence-electron chi connectivity index (χ1n) is 8.56. The van der Waals surface area contributed by atoms with Gasteiger partial charge in [0.1, 0.15) is 18.5 Å². The predicted octanol–water partition coefficient (Wildman–Crippen LogP) is 4.72. The largest absolute Gasteiger partial charge is 0.489 e. The Labute approximate surface area is 150 Å². The van der Waals surface area contributed by atoms with Gasteiger partial charge in [-0.15, -0.1) is 0 Å². The van der Waals surface area contributed by atoms with Gasteiger partial charge in [-0.2, -0.15) is 0 Å². The van der Waals surface area contributed by atoms with E-state index in [0.29, 0.717) is 13.0 Å². The molecule has 0 aromatic heterocycles. The monoisotopic (exact) mass is 341 g/mol. The van der Waals surface area contributed by atoms with Crippen LogP contribution in [0.4, 0.5) is 4.79 Å². The summed E-state index contributed by atoms with van der Waals surface area (Å²) in [4.78, 5) is 11.8. The molecule has 1 amide bonds. The molecule has 2 aromatic rings. The Morgan fingerprint density at radius 1 is 1.04 bits per heavy atom. The maximum atomic E-state index is 11.8. The number of ether oxygens (including phenoxy) is 2. The maximum Gasteiger partial charge on any atom is 0.407 e. The van der Waals surface area contributed by atoms with Gasteiger partial charge in [0.05, 0.1) is 0 Å². The van der Waals surface area contributed by atoms with Crippen LogP contribution in [0.2, 0.25) is 0 Å². The third-order valence-electron chi connectivity index (χ3n) is 3.46. The van der Waals surface area contributed by atoms with Crippen LogP contribution in [0.1, 0.15) is 38.8 Å². The molecule has 0 fully saturated rings. The van der Waals surface area contributed by atoms with Crippen LogP contribution in [0.15, 0.2) is 54.6 Å². The molecule has 1 atom stereocenters. The van der Waals surface area contributed by atoms with Crippen molar-refractivity contribution in [1.82, 2.24) is 5.32 Å². The molecule has 0 bridgehead atoms. The summed E-state index contributed by atoms with van der Waals surface area (Å²) in [5.74, 6) is 0.813. The highest BCUT2D eigenvalue weighted by Crippen LogP contribution is 2.17. The minimum Gasteiger partial charge on any atom is -0.489 e. The number of hydrogen-bond donors (Lipinski definition) is 1. The Hall–Kier alpha value is -2.49. The second-order valence-electron chi connectivity index (χ2n) is 7.22. The number of amides is 1. The van der Waals surface area contributed by atoms with Crippen LogP contribution in [-0.2, 0) is 17.8 Å². The van der Waals surface area contributed by atoms with Gasteiger partial charge in [-0.3, -0.25) is 0 Å². The lowest BCUT2D eigenvalue weighted by atomic mass is 10.1. The molecular weight excluding hydrogens is 314 g/mol. The lowest BCUT2D eigenvalue weighted by Gasteiger charge is -2.22. The second kappa shape index (κ2) is 8.56. The molecule has 0 aliphatic carbocycles. The summed E-state index contributed by atoms with van der Waals surface area (Å²) in [6.07, 6.45) is 0.0308. The van der Waals surface area contributed by atoms with E-state index in [1.165, 1.54) is 0 Å². The van der Waals surface area contributed by atoms with Gasteiger partial charge in [0.25, 0.3) is 0 Å². The van der Waals surface area contributed by atoms with Crippen LogP contribution < -0.4 is 10.1 Å². The average molecular weight is 341 g/mol. The number of nitrogens with one attached hydrogen (secondary N) is 1. The van der Waals surface area contributed by atoms with Crippen LogP contribution in [-0.4, -0.2) is 17.7 Å². The highest BCUT2D eigenvalue weighted by Gasteiger charge is 2.17. The molecule has 0 saturated heterocycles. The van der Waals surface area contributed by atoms with Gasteiger partial charge in [0, 0.05) is 12.0 Å². The quantitative estimate of drug-likeness (QED) is 0.827. The molecule has 2 rings (SSSR count). The van der Waals surface area contributed by atoms with E-state index in [-0.39, 0.29) is 11.6 Å². The molecule has 4 nitrogen and oxygen atoms in total. The summed E-state index contributed by atoms with van der Waals surface area (Å²) in [7, 11) is 0. The fraction of sp³-hybridized carbons (Fsp3) is 0.381. The summed E-state index contributed by atoms with van der Waals surface area (Å²) < 4.78 is 11.2. The molecule has 0 aliphatic heterocycles. The topological polar surface area (TPSA) is 47.6 Å². The van der Waals surface area contributed by atoms with Gasteiger partial charge in [0.2, 0.25) is 0 Å². The Morgan fingerprint density at radius 3 is 2.40 bits per heavy atom. The Balaban J connectivity index is 1.87. The van der Waals surface area contributed by atoms with Gasteiger partial charge >= 0.3 is 6.09 Å². The summed E-state index contributed by atoms with van der Waals surface area (Å²) in [5.41, 5.74) is 1.90. The first-order chi connectivity index (χ1) is 11.8. The number of rotatable bonds is 6. The van der Waals surface area contributed by atoms with E-state index >= 15 is 0 Å². The van der Waals surface area contributed by atoms with Gasteiger partial charge in [-0.1, -0.05) is 42.5 Å². The zero-order chi connectivity index (χ0) is 18.3. The van der Waals surface area contributed by atoms with E-state index in [1.807, 2.05) is 82.3 Å². The van der Waals surface area contributed by atoms with Gasteiger partial charge in [0.15, 0.2) is 0 Å². The van der Waals surface area contributed by atoms with E-state index in [4.69, 9.17) is 9.47 Å². The van der Waals surface area contributed by atoms with Crippen molar-refractivity contribution in [2.75, 3.05) is 0 Å². The SMILES string of the molecule is C[C@H](Cc1cccc(OCc2ccccc2)c1)OC(=O)NC(C)(C)C. The number of alkyl carbamates (subject to hydrolysis) is 1. The molecule has 2 aromatic carbocycles. The molecule has 134 valence electrons. The molecular formula is C21H27NO3. The molecule has 0 radical (unpaired) electrons. The fourth-order valence-corrected chi connectivity index (χ4v) is 2.40. The van der Waals surface area contributed by atoms with E-state index in [9.17, 15) is 4.79 Å². The van der Waals surface area contributed by atoms with Crippen molar-refractivity contribution in [3.8, 4) is 5.75 Å². The van der Waals surface area contributed by atoms with E-state index < -0.39 is 6.09 Å². The van der Waals surface area contributed by atoms with Crippen molar-refractivity contribution < 1.29 is 14.3 Å². The molecule has 0 spiro atoms. The van der Waals surface area contributed by atoms with Crippen LogP contribution in [0, 0.1) is 0 Å². The Morgan fingerprint density at radius 2 is 1.72 bits per heavy atom. The van der Waals surface area contributed by atoms with E-state index in [1.54, 1.807) is 0 Å². The molecule has 0 saturated carbocycles. The summed E-state index contributed by atoms with van der Waals surface area (Å²) >= 11 is 0. The van der Waals surface area contributed by atoms with Crippen molar-refractivity contribution in [2.24, 2.45) is 0 Å². The third kappa shape index (κ3) is 7.29. The number of hydrogen-bond acceptors (Lipinski definition) is 3. The van der Waals surface area contributed by atoms with Crippen LogP contribution in [0.5, 0.6) is 5.75 Å². The van der Waals surface area contributed by atoms with Crippen molar-refractivity contribution in [2.45, 2.75) is 52.4 Å². The molecule has 4 heteroatoms. The van der Waals surface area contributed by atoms with Crippen LogP contribution >= 0.6 is 0 Å². The number of carbonyl (C=O) groups excluding carboxylic acids is 1. The molecule has 25 heavy (non-hydrogen) atoms. The summed E-state index contributed by atoms with van der Waals surface area (Å²) in [6, 6.07) is 17.9. The Kier molecular flexibility index (Phi) is 6.45. The lowest BCUT2D eigenvalue weighted by Crippen LogP contribution is -2.42. The summed E-state index contributed by atoms with van der Waals surface area (Å²) in [6.45, 7) is 8.19. The second-order valence-corrected chi connectivity index (χ2v) is 7.22. The standard InChI is InChI=1S/C21H27NO3/c1-16(25-20(23)22-21(2,3)4)13-18-11-8-12-19(14-18)24-15-17-9-6-5-7-10-17/h5-12,14,16H,13,15H2,1-4H3,(H,22,23)/t16-/m1/s1. The van der Waals surface area contributed by atoms with Gasteiger partial charge in [-0.25, -0.2) is 4.79 Å². The number of benzene rings is 2. The lowest BCUT2D eigenvalue weighted by molar-refractivity contribution is 0.1000. The highest BCUT2D eigenvalue weighted by atomic mass is 16.6. The first kappa shape index (κ1) is 18.8. The van der Waals surface area contributed by atoms with Crippen LogP contribution in [0.3, 0.4) is 0 Å². The third-order valence-corrected chi connectivity index (χ3v) is 3.46. The number of carbonyl (C=O) groups is 1. The van der Waals surface area contributed by atoms with Crippen molar-refractivity contribution in [3.05, 3.63) is 65.7 Å². The minimum absolute atomic E-state index is 0.216. The molecule has 0 unspecified atom stereocenters. The van der Waals surface area contributed by atoms with Crippen molar-refractivity contribution >= 4 is 6.09 Å². The minimum atomic E-state index is -0.392. The highest BCUT2D eigenvalue weighted by molar-refractivity contribution is 5.68. The fourth-order valence-electron chi connectivity index (χ4n) is 2.40. The van der Waals surface area contributed by atoms with E-state index in [0.717, 1.165) is 16.9 Å². The molecule has 0 heterocycles. The predicted molar refractivity (Wildman–Crippen MR) is 99.8 cm³/mol. The van der Waals surface area contributed by atoms with Crippen molar-refractivity contribution in [3.63, 3.8) is 0 Å². The molecule has 0 aliphatic rings. The van der Waals surface area contributed by atoms with Gasteiger partial charge in [-0.05, 0) is 51.0 Å². The zero-order valence-corrected chi connectivity index (χ0v) is 15.4. The maximum absolute atomic E-state index is 11.8. The summed E-state index contributed by atoms with van der Waals surface area (Å²) in [5, 5.41) is 2.80. The Bertz CT molecular complexity index is 677. The zero-order valence-electron chi connectivity index (χ0n) is 15.4. The first-order valence-corrected chi connectivity index (χ1v) is 8.56. The van der Waals surface area contributed by atoms with Crippen LogP contribution in [0.25, 0.3) is 0 Å². The average Bonchev–Trinajstić information content (AvgIpc) is 2.52. The van der Waals surface area contributed by atoms with E-state index in [2.05, 4.69) is 5.32 Å². The van der Waals surface area contributed by atoms with Gasteiger partial charge < -0.3 is 14.8 Å². The molecule has 1 N–H and O–H groups in total. The smallest absolute Gasteiger partial charge is 0.407 e. The normalized spacial score (nSPS) is 12.3. The van der Waals surface area contributed by atoms with Crippen molar-refractivity contribution in [1.29, 1.82) is 0 Å².